The van der Waals surface area contributed by atoms with Gasteiger partial charge in [-0.3, -0.25) is 14.4 Å². The van der Waals surface area contributed by atoms with E-state index in [4.69, 9.17) is 9.47 Å². The van der Waals surface area contributed by atoms with Crippen LogP contribution in [0.3, 0.4) is 0 Å². The highest BCUT2D eigenvalue weighted by molar-refractivity contribution is 6.28. The van der Waals surface area contributed by atoms with Gasteiger partial charge in [-0.25, -0.2) is 4.79 Å². The number of hydrogen-bond acceptors (Lipinski definition) is 7. The molecular weight excluding hydrogens is 402 g/mol. The first-order valence-corrected chi connectivity index (χ1v) is 10.5. The monoisotopic (exact) mass is 431 g/mol. The Balaban J connectivity index is 1.42. The van der Waals surface area contributed by atoms with Gasteiger partial charge >= 0.3 is 6.09 Å². The number of ether oxygens (including phenoxy) is 2. The van der Waals surface area contributed by atoms with Crippen molar-refractivity contribution in [3.8, 4) is 0 Å². The predicted molar refractivity (Wildman–Crippen MR) is 113 cm³/mol. The molecular formula is C22H29N3O6. The molecule has 1 fully saturated rings. The molecule has 1 saturated heterocycles. The van der Waals surface area contributed by atoms with E-state index in [2.05, 4.69) is 16.0 Å². The van der Waals surface area contributed by atoms with Crippen LogP contribution in [0.4, 0.5) is 10.5 Å². The van der Waals surface area contributed by atoms with Gasteiger partial charge in [0.2, 0.25) is 5.91 Å². The normalized spacial score (nSPS) is 20.4. The summed E-state index contributed by atoms with van der Waals surface area (Å²) < 4.78 is 10.6. The molecule has 1 heterocycles. The molecule has 2 unspecified atom stereocenters. The van der Waals surface area contributed by atoms with E-state index in [1.807, 2.05) is 0 Å². The Bertz CT molecular complexity index is 876. The number of alkyl carbamates (subject to hydrolysis) is 1. The van der Waals surface area contributed by atoms with Gasteiger partial charge in [-0.15, -0.1) is 0 Å². The van der Waals surface area contributed by atoms with Gasteiger partial charge in [-0.2, -0.15) is 0 Å². The highest BCUT2D eigenvalue weighted by atomic mass is 16.6. The summed E-state index contributed by atoms with van der Waals surface area (Å²) in [4.78, 5) is 48.9. The molecule has 0 radical (unpaired) electrons. The number of fused-ring (bicyclic) bond motifs is 1. The Morgan fingerprint density at radius 1 is 1.10 bits per heavy atom. The minimum atomic E-state index is -0.909. The van der Waals surface area contributed by atoms with Crippen molar-refractivity contribution in [1.29, 1.82) is 0 Å². The van der Waals surface area contributed by atoms with E-state index in [1.165, 1.54) is 0 Å². The molecule has 2 amide bonds. The number of benzene rings is 1. The summed E-state index contributed by atoms with van der Waals surface area (Å²) in [5.74, 6) is -2.26. The molecule has 0 aromatic heterocycles. The number of ketones is 2. The maximum atomic E-state index is 12.8. The third kappa shape index (κ3) is 5.61. The number of carbonyl (C=O) groups excluding carboxylic acids is 4. The summed E-state index contributed by atoms with van der Waals surface area (Å²) >= 11 is 0. The van der Waals surface area contributed by atoms with E-state index >= 15 is 0 Å². The molecule has 2 aliphatic rings. The summed E-state index contributed by atoms with van der Waals surface area (Å²) in [5, 5.41) is 8.46. The van der Waals surface area contributed by atoms with Crippen LogP contribution in [0.25, 0.3) is 0 Å². The second-order valence-electron chi connectivity index (χ2n) is 8.62. The van der Waals surface area contributed by atoms with Crippen LogP contribution in [0.15, 0.2) is 18.2 Å². The van der Waals surface area contributed by atoms with Gasteiger partial charge in [-0.1, -0.05) is 0 Å². The van der Waals surface area contributed by atoms with Gasteiger partial charge in [0, 0.05) is 36.4 Å². The lowest BCUT2D eigenvalue weighted by molar-refractivity contribution is -0.123. The minimum absolute atomic E-state index is 0.226. The number of nitrogens with one attached hydrogen (secondary N) is 3. The van der Waals surface area contributed by atoms with Crippen molar-refractivity contribution >= 4 is 29.3 Å². The van der Waals surface area contributed by atoms with Crippen LogP contribution in [-0.4, -0.2) is 62.0 Å². The zero-order valence-electron chi connectivity index (χ0n) is 18.1. The Morgan fingerprint density at radius 3 is 2.48 bits per heavy atom. The molecule has 1 aromatic carbocycles. The highest BCUT2D eigenvalue weighted by Gasteiger charge is 2.47. The predicted octanol–water partition coefficient (Wildman–Crippen LogP) is 1.77. The maximum absolute atomic E-state index is 12.8. The molecule has 31 heavy (non-hydrogen) atoms. The number of Topliss-reactive ketones (excluding diaryl/α,β-unsaturated/α-hetero) is 2. The van der Waals surface area contributed by atoms with Crippen molar-refractivity contribution in [2.75, 3.05) is 38.2 Å². The van der Waals surface area contributed by atoms with Crippen LogP contribution < -0.4 is 16.0 Å². The van der Waals surface area contributed by atoms with Gasteiger partial charge in [0.1, 0.15) is 5.60 Å². The maximum Gasteiger partial charge on any atom is 0.407 e. The quantitative estimate of drug-likeness (QED) is 0.423. The zero-order valence-corrected chi connectivity index (χ0v) is 18.1. The van der Waals surface area contributed by atoms with Crippen LogP contribution in [0, 0.1) is 11.8 Å². The average Bonchev–Trinajstić information content (AvgIpc) is 3.20. The number of carbonyl (C=O) groups is 4. The van der Waals surface area contributed by atoms with Gasteiger partial charge in [-0.05, 0) is 45.4 Å². The van der Waals surface area contributed by atoms with E-state index in [0.29, 0.717) is 56.1 Å². The lowest BCUT2D eigenvalue weighted by Crippen LogP contribution is -2.34. The van der Waals surface area contributed by atoms with Crippen LogP contribution in [0.1, 0.15) is 47.9 Å². The summed E-state index contributed by atoms with van der Waals surface area (Å²) in [6.07, 6.45) is 0.0141. The van der Waals surface area contributed by atoms with Crippen molar-refractivity contribution in [1.82, 2.24) is 10.6 Å². The highest BCUT2D eigenvalue weighted by Crippen LogP contribution is 2.35. The molecule has 9 nitrogen and oxygen atoms in total. The number of hydrogen-bond donors (Lipinski definition) is 3. The van der Waals surface area contributed by atoms with E-state index in [-0.39, 0.29) is 17.5 Å². The molecule has 0 bridgehead atoms. The fourth-order valence-electron chi connectivity index (χ4n) is 3.73. The lowest BCUT2D eigenvalue weighted by Gasteiger charge is -2.19. The molecule has 9 heteroatoms. The Hall–Kier alpha value is -2.94. The molecule has 2 atom stereocenters. The van der Waals surface area contributed by atoms with Crippen molar-refractivity contribution in [2.45, 2.75) is 32.8 Å². The summed E-state index contributed by atoms with van der Waals surface area (Å²) in [5.41, 5.74) is 0.902. The zero-order chi connectivity index (χ0) is 22.6. The molecule has 3 N–H and O–H groups in total. The van der Waals surface area contributed by atoms with Gasteiger partial charge in [0.05, 0.1) is 25.0 Å². The van der Waals surface area contributed by atoms with Crippen LogP contribution >= 0.6 is 0 Å². The minimum Gasteiger partial charge on any atom is -0.444 e. The summed E-state index contributed by atoms with van der Waals surface area (Å²) in [6, 6.07) is 5.04. The molecule has 3 rings (SSSR count). The van der Waals surface area contributed by atoms with E-state index in [9.17, 15) is 19.2 Å². The Kier molecular flexibility index (Phi) is 6.94. The smallest absolute Gasteiger partial charge is 0.407 e. The van der Waals surface area contributed by atoms with Crippen molar-refractivity contribution < 1.29 is 28.7 Å². The van der Waals surface area contributed by atoms with Crippen LogP contribution in [0.5, 0.6) is 0 Å². The third-order valence-electron chi connectivity index (χ3n) is 5.10. The van der Waals surface area contributed by atoms with E-state index in [1.54, 1.807) is 39.0 Å². The fraction of sp³-hybridized carbons (Fsp3) is 0.545. The largest absolute Gasteiger partial charge is 0.444 e. The topological polar surface area (TPSA) is 123 Å². The number of rotatable bonds is 8. The summed E-state index contributed by atoms with van der Waals surface area (Å²) in [7, 11) is 0. The van der Waals surface area contributed by atoms with Crippen molar-refractivity contribution in [3.63, 3.8) is 0 Å². The molecule has 168 valence electrons. The van der Waals surface area contributed by atoms with Gasteiger partial charge in [0.25, 0.3) is 0 Å². The first kappa shape index (κ1) is 22.7. The molecule has 1 aromatic rings. The molecule has 0 spiro atoms. The SMILES string of the molecule is CC(C)(C)OC(=O)NCCOCCNc1ccc2c(c1)C(=O)C(C1CCNC1=O)C2=O. The van der Waals surface area contributed by atoms with Gasteiger partial charge < -0.3 is 25.4 Å². The summed E-state index contributed by atoms with van der Waals surface area (Å²) in [6.45, 7) is 7.43. The second-order valence-corrected chi connectivity index (χ2v) is 8.62. The van der Waals surface area contributed by atoms with Crippen LogP contribution in [0.2, 0.25) is 0 Å². The standard InChI is InChI=1S/C22H29N3O6/c1-22(2,3)31-21(29)25-9-11-30-10-8-23-13-4-5-14-16(12-13)19(27)17(18(14)26)15-6-7-24-20(15)28/h4-5,12,15,17,23H,6-11H2,1-3H3,(H,24,28)(H,25,29). The number of anilines is 1. The lowest BCUT2D eigenvalue weighted by atomic mass is 9.87. The molecule has 1 aliphatic heterocycles. The Labute approximate surface area is 181 Å². The van der Waals surface area contributed by atoms with E-state index < -0.39 is 23.5 Å². The first-order valence-electron chi connectivity index (χ1n) is 10.5. The number of amides is 2. The average molecular weight is 431 g/mol. The van der Waals surface area contributed by atoms with Gasteiger partial charge in [0.15, 0.2) is 11.6 Å². The molecule has 1 aliphatic carbocycles. The van der Waals surface area contributed by atoms with Crippen molar-refractivity contribution in [2.24, 2.45) is 11.8 Å². The molecule has 0 saturated carbocycles. The third-order valence-corrected chi connectivity index (χ3v) is 5.10. The van der Waals surface area contributed by atoms with E-state index in [0.717, 1.165) is 0 Å². The Morgan fingerprint density at radius 2 is 1.81 bits per heavy atom. The first-order chi connectivity index (χ1) is 14.7. The van der Waals surface area contributed by atoms with Crippen LogP contribution in [-0.2, 0) is 14.3 Å². The second kappa shape index (κ2) is 9.47. The van der Waals surface area contributed by atoms with Crippen molar-refractivity contribution in [3.05, 3.63) is 29.3 Å². The fourth-order valence-corrected chi connectivity index (χ4v) is 3.73.